The van der Waals surface area contributed by atoms with E-state index in [0.29, 0.717) is 25.3 Å². The third kappa shape index (κ3) is 3.05. The van der Waals surface area contributed by atoms with Gasteiger partial charge in [-0.2, -0.15) is 0 Å². The summed E-state index contributed by atoms with van der Waals surface area (Å²) in [5.41, 5.74) is 7.19. The largest absolute Gasteiger partial charge is 0.463 e. The molecule has 0 saturated carbocycles. The molecule has 0 spiro atoms. The Balaban J connectivity index is 0.00000161. The number of rotatable bonds is 2. The summed E-state index contributed by atoms with van der Waals surface area (Å²) in [6, 6.07) is 7.46. The maximum absolute atomic E-state index is 12.6. The van der Waals surface area contributed by atoms with Gasteiger partial charge in [0, 0.05) is 24.5 Å². The second-order valence-electron chi connectivity index (χ2n) is 5.17. The summed E-state index contributed by atoms with van der Waals surface area (Å²) in [6.07, 6.45) is 1.43. The van der Waals surface area contributed by atoms with Gasteiger partial charge in [-0.3, -0.25) is 4.79 Å². The van der Waals surface area contributed by atoms with E-state index >= 15 is 0 Å². The molecule has 1 amide bonds. The minimum Gasteiger partial charge on any atom is -0.463 e. The van der Waals surface area contributed by atoms with Gasteiger partial charge in [-0.1, -0.05) is 18.2 Å². The molecular weight excluding hydrogens is 292 g/mol. The number of halogens is 1. The second-order valence-corrected chi connectivity index (χ2v) is 5.17. The summed E-state index contributed by atoms with van der Waals surface area (Å²) >= 11 is 0. The highest BCUT2D eigenvalue weighted by atomic mass is 35.5. The van der Waals surface area contributed by atoms with Crippen LogP contribution in [0.1, 0.15) is 17.3 Å². The van der Waals surface area contributed by atoms with Crippen molar-refractivity contribution in [1.29, 1.82) is 0 Å². The first-order chi connectivity index (χ1) is 9.66. The van der Waals surface area contributed by atoms with Crippen LogP contribution in [0.2, 0.25) is 0 Å². The van der Waals surface area contributed by atoms with E-state index in [1.807, 2.05) is 31.2 Å². The highest BCUT2D eigenvalue weighted by Gasteiger charge is 2.28. The average molecular weight is 311 g/mol. The van der Waals surface area contributed by atoms with Gasteiger partial charge < -0.3 is 19.8 Å². The smallest absolute Gasteiger partial charge is 0.257 e. The van der Waals surface area contributed by atoms with Crippen molar-refractivity contribution in [1.82, 2.24) is 4.90 Å². The van der Waals surface area contributed by atoms with E-state index in [1.165, 1.54) is 6.26 Å². The molecule has 21 heavy (non-hydrogen) atoms. The molecule has 2 heterocycles. The first-order valence-corrected chi connectivity index (χ1v) is 6.79. The quantitative estimate of drug-likeness (QED) is 0.921. The molecule has 1 aromatic carbocycles. The molecule has 2 N–H and O–H groups in total. The van der Waals surface area contributed by atoms with Gasteiger partial charge in [-0.25, -0.2) is 0 Å². The minimum atomic E-state index is -0.106. The SMILES string of the molecule is CC(N)C1CN(C(=O)c2coc3ccccc23)CCO1.Cl. The Morgan fingerprint density at radius 2 is 2.19 bits per heavy atom. The fraction of sp³-hybridized carbons (Fsp3) is 0.400. The number of nitrogens with zero attached hydrogens (tertiary/aromatic N) is 1. The molecule has 6 heteroatoms. The number of amides is 1. The van der Waals surface area contributed by atoms with E-state index in [9.17, 15) is 4.79 Å². The number of benzene rings is 1. The maximum atomic E-state index is 12.6. The highest BCUT2D eigenvalue weighted by molar-refractivity contribution is 6.05. The van der Waals surface area contributed by atoms with Crippen LogP contribution in [0.5, 0.6) is 0 Å². The molecule has 114 valence electrons. The lowest BCUT2D eigenvalue weighted by Crippen LogP contribution is -2.51. The van der Waals surface area contributed by atoms with Crippen molar-refractivity contribution in [2.45, 2.75) is 19.1 Å². The van der Waals surface area contributed by atoms with Crippen LogP contribution in [0, 0.1) is 0 Å². The number of para-hydroxylation sites is 1. The molecule has 1 aliphatic rings. The third-order valence-corrected chi connectivity index (χ3v) is 3.68. The predicted octanol–water partition coefficient (Wildman–Crippen LogP) is 2.04. The number of fused-ring (bicyclic) bond motifs is 1. The van der Waals surface area contributed by atoms with Crippen LogP contribution in [-0.2, 0) is 4.74 Å². The van der Waals surface area contributed by atoms with Crippen LogP contribution in [0.3, 0.4) is 0 Å². The van der Waals surface area contributed by atoms with Gasteiger partial charge >= 0.3 is 0 Å². The zero-order valence-electron chi connectivity index (χ0n) is 11.8. The zero-order chi connectivity index (χ0) is 14.1. The van der Waals surface area contributed by atoms with Crippen molar-refractivity contribution in [3.8, 4) is 0 Å². The number of hydrogen-bond donors (Lipinski definition) is 1. The van der Waals surface area contributed by atoms with E-state index < -0.39 is 0 Å². The van der Waals surface area contributed by atoms with Crippen LogP contribution in [0.25, 0.3) is 11.0 Å². The average Bonchev–Trinajstić information content (AvgIpc) is 2.90. The molecule has 0 radical (unpaired) electrons. The van der Waals surface area contributed by atoms with Crippen molar-refractivity contribution < 1.29 is 13.9 Å². The lowest BCUT2D eigenvalue weighted by Gasteiger charge is -2.34. The Labute approximate surface area is 129 Å². The van der Waals surface area contributed by atoms with Crippen LogP contribution >= 0.6 is 12.4 Å². The number of carbonyl (C=O) groups is 1. The molecule has 1 fully saturated rings. The maximum Gasteiger partial charge on any atom is 0.257 e. The number of nitrogens with two attached hydrogens (primary N) is 1. The second kappa shape index (κ2) is 6.47. The molecule has 3 rings (SSSR count). The Morgan fingerprint density at radius 1 is 1.43 bits per heavy atom. The molecular formula is C15H19ClN2O3. The van der Waals surface area contributed by atoms with Crippen LogP contribution in [0.4, 0.5) is 0 Å². The zero-order valence-corrected chi connectivity index (χ0v) is 12.6. The summed E-state index contributed by atoms with van der Waals surface area (Å²) in [7, 11) is 0. The van der Waals surface area contributed by atoms with Gasteiger partial charge in [-0.15, -0.1) is 12.4 Å². The summed E-state index contributed by atoms with van der Waals surface area (Å²) in [5, 5.41) is 0.848. The van der Waals surface area contributed by atoms with Gasteiger partial charge in [0.15, 0.2) is 0 Å². The van der Waals surface area contributed by atoms with Crippen LogP contribution in [0.15, 0.2) is 34.9 Å². The van der Waals surface area contributed by atoms with Crippen LogP contribution < -0.4 is 5.73 Å². The van der Waals surface area contributed by atoms with E-state index in [1.54, 1.807) is 4.90 Å². The number of carbonyl (C=O) groups excluding carboxylic acids is 1. The molecule has 1 aliphatic heterocycles. The van der Waals surface area contributed by atoms with Gasteiger partial charge in [0.2, 0.25) is 0 Å². The minimum absolute atomic E-state index is 0. The van der Waals surface area contributed by atoms with Crippen molar-refractivity contribution in [2.75, 3.05) is 19.7 Å². The van der Waals surface area contributed by atoms with Gasteiger partial charge in [0.05, 0.1) is 18.3 Å². The van der Waals surface area contributed by atoms with Gasteiger partial charge in [0.1, 0.15) is 11.8 Å². The number of furan rings is 1. The molecule has 1 aromatic heterocycles. The topological polar surface area (TPSA) is 68.7 Å². The summed E-state index contributed by atoms with van der Waals surface area (Å²) in [6.45, 7) is 3.52. The molecule has 0 aliphatic carbocycles. The predicted molar refractivity (Wildman–Crippen MR) is 82.8 cm³/mol. The summed E-state index contributed by atoms with van der Waals surface area (Å²) in [4.78, 5) is 14.4. The Bertz CT molecular complexity index is 626. The van der Waals surface area contributed by atoms with Crippen molar-refractivity contribution in [3.63, 3.8) is 0 Å². The summed E-state index contributed by atoms with van der Waals surface area (Å²) in [5.74, 6) is -0.0242. The molecule has 2 unspecified atom stereocenters. The molecule has 2 atom stereocenters. The molecule has 0 bridgehead atoms. The van der Waals surface area contributed by atoms with E-state index in [-0.39, 0.29) is 30.5 Å². The van der Waals surface area contributed by atoms with E-state index in [2.05, 4.69) is 0 Å². The monoisotopic (exact) mass is 310 g/mol. The number of hydrogen-bond acceptors (Lipinski definition) is 4. The Morgan fingerprint density at radius 3 is 2.95 bits per heavy atom. The first-order valence-electron chi connectivity index (χ1n) is 6.79. The molecule has 2 aromatic rings. The van der Waals surface area contributed by atoms with Crippen molar-refractivity contribution in [2.24, 2.45) is 5.73 Å². The number of ether oxygens (including phenoxy) is 1. The number of morpholine rings is 1. The van der Waals surface area contributed by atoms with Crippen molar-refractivity contribution >= 4 is 29.3 Å². The lowest BCUT2D eigenvalue weighted by atomic mass is 10.1. The van der Waals surface area contributed by atoms with Gasteiger partial charge in [-0.05, 0) is 13.0 Å². The standard InChI is InChI=1S/C15H18N2O3.ClH/c1-10(16)14-8-17(6-7-19-14)15(18)12-9-20-13-5-3-2-4-11(12)13;/h2-5,9-10,14H,6-8,16H2,1H3;1H. The molecule has 1 saturated heterocycles. The summed E-state index contributed by atoms with van der Waals surface area (Å²) < 4.78 is 11.0. The molecule has 5 nitrogen and oxygen atoms in total. The Kier molecular flexibility index (Phi) is 4.88. The fourth-order valence-electron chi connectivity index (χ4n) is 2.49. The van der Waals surface area contributed by atoms with Crippen LogP contribution in [-0.4, -0.2) is 42.6 Å². The van der Waals surface area contributed by atoms with E-state index in [0.717, 1.165) is 11.0 Å². The third-order valence-electron chi connectivity index (χ3n) is 3.68. The first kappa shape index (κ1) is 15.8. The van der Waals surface area contributed by atoms with Gasteiger partial charge in [0.25, 0.3) is 5.91 Å². The van der Waals surface area contributed by atoms with Crippen molar-refractivity contribution in [3.05, 3.63) is 36.1 Å². The van der Waals surface area contributed by atoms with E-state index in [4.69, 9.17) is 14.9 Å². The fourth-order valence-corrected chi connectivity index (χ4v) is 2.49. The lowest BCUT2D eigenvalue weighted by molar-refractivity contribution is -0.0299. The highest BCUT2D eigenvalue weighted by Crippen LogP contribution is 2.23. The normalized spacial score (nSPS) is 20.1. The Hall–Kier alpha value is -1.56.